The topological polar surface area (TPSA) is 46.2 Å². The van der Waals surface area contributed by atoms with Crippen LogP contribution < -0.4 is 5.32 Å². The lowest BCUT2D eigenvalue weighted by atomic mass is 10.1. The lowest BCUT2D eigenvalue weighted by Gasteiger charge is -2.05. The van der Waals surface area contributed by atoms with E-state index in [9.17, 15) is 9.59 Å². The van der Waals surface area contributed by atoms with E-state index in [1.54, 1.807) is 18.2 Å². The Morgan fingerprint density at radius 3 is 2.43 bits per heavy atom. The van der Waals surface area contributed by atoms with Crippen molar-refractivity contribution in [2.24, 2.45) is 0 Å². The maximum Gasteiger partial charge on any atom is 0.221 e. The first kappa shape index (κ1) is 10.7. The van der Waals surface area contributed by atoms with Gasteiger partial charge in [0.1, 0.15) is 0 Å². The number of Topliss-reactive ketones (excluding diaryl/α,β-unsaturated/α-hetero) is 1. The summed E-state index contributed by atoms with van der Waals surface area (Å²) in [6.07, 6.45) is 0. The van der Waals surface area contributed by atoms with Gasteiger partial charge in [-0.05, 0) is 25.1 Å². The largest absolute Gasteiger partial charge is 0.326 e. The van der Waals surface area contributed by atoms with Crippen LogP contribution in [-0.4, -0.2) is 11.7 Å². The third kappa shape index (κ3) is 2.57. The van der Waals surface area contributed by atoms with E-state index in [-0.39, 0.29) is 11.7 Å². The van der Waals surface area contributed by atoms with Gasteiger partial charge in [0.25, 0.3) is 0 Å². The van der Waals surface area contributed by atoms with Gasteiger partial charge in [-0.15, -0.1) is 0 Å². The molecule has 1 N–H and O–H groups in total. The first-order valence-electron chi connectivity index (χ1n) is 4.09. The molecule has 3 nitrogen and oxygen atoms in total. The molecule has 1 amide bonds. The molecule has 74 valence electrons. The van der Waals surface area contributed by atoms with Crippen LogP contribution in [0.3, 0.4) is 0 Å². The van der Waals surface area contributed by atoms with Gasteiger partial charge in [-0.3, -0.25) is 9.59 Å². The summed E-state index contributed by atoms with van der Waals surface area (Å²) < 4.78 is 0. The quantitative estimate of drug-likeness (QED) is 0.764. The molecule has 14 heavy (non-hydrogen) atoms. The van der Waals surface area contributed by atoms with Gasteiger partial charge >= 0.3 is 0 Å². The van der Waals surface area contributed by atoms with Crippen molar-refractivity contribution in [2.45, 2.75) is 13.8 Å². The number of halogens is 1. The number of carbonyl (C=O) groups excluding carboxylic acids is 2. The van der Waals surface area contributed by atoms with E-state index in [0.29, 0.717) is 16.3 Å². The molecule has 1 rings (SSSR count). The molecule has 0 unspecified atom stereocenters. The summed E-state index contributed by atoms with van der Waals surface area (Å²) in [7, 11) is 0. The maximum absolute atomic E-state index is 11.1. The first-order valence-corrected chi connectivity index (χ1v) is 4.46. The van der Waals surface area contributed by atoms with E-state index in [1.165, 1.54) is 13.8 Å². The van der Waals surface area contributed by atoms with Crippen molar-refractivity contribution in [3.8, 4) is 0 Å². The number of amides is 1. The molecule has 0 spiro atoms. The number of carbonyl (C=O) groups is 2. The molecular weight excluding hydrogens is 202 g/mol. The number of ketones is 1. The Morgan fingerprint density at radius 1 is 1.29 bits per heavy atom. The van der Waals surface area contributed by atoms with E-state index in [4.69, 9.17) is 11.6 Å². The average Bonchev–Trinajstić information content (AvgIpc) is 2.07. The summed E-state index contributed by atoms with van der Waals surface area (Å²) in [5.74, 6) is -0.302. The van der Waals surface area contributed by atoms with Gasteiger partial charge in [0.05, 0.1) is 5.02 Å². The van der Waals surface area contributed by atoms with Crippen LogP contribution in [0.1, 0.15) is 24.2 Å². The predicted octanol–water partition coefficient (Wildman–Crippen LogP) is 2.50. The Balaban J connectivity index is 3.06. The maximum atomic E-state index is 11.1. The highest BCUT2D eigenvalue weighted by molar-refractivity contribution is 6.34. The molecule has 4 heteroatoms. The predicted molar refractivity (Wildman–Crippen MR) is 55.8 cm³/mol. The van der Waals surface area contributed by atoms with Gasteiger partial charge in [0.15, 0.2) is 5.78 Å². The molecule has 0 saturated carbocycles. The number of benzene rings is 1. The van der Waals surface area contributed by atoms with E-state index in [1.807, 2.05) is 0 Å². The summed E-state index contributed by atoms with van der Waals surface area (Å²) in [4.78, 5) is 21.9. The lowest BCUT2D eigenvalue weighted by Crippen LogP contribution is -2.06. The minimum Gasteiger partial charge on any atom is -0.326 e. The Hall–Kier alpha value is -1.35. The molecule has 0 aromatic heterocycles. The summed E-state index contributed by atoms with van der Waals surface area (Å²) in [6.45, 7) is 2.83. The van der Waals surface area contributed by atoms with Crippen molar-refractivity contribution < 1.29 is 9.59 Å². The molecule has 0 aliphatic carbocycles. The van der Waals surface area contributed by atoms with Crippen molar-refractivity contribution in [1.82, 2.24) is 0 Å². The monoisotopic (exact) mass is 211 g/mol. The highest BCUT2D eigenvalue weighted by Gasteiger charge is 2.06. The van der Waals surface area contributed by atoms with Gasteiger partial charge in [0.2, 0.25) is 5.91 Å². The van der Waals surface area contributed by atoms with Gasteiger partial charge in [-0.2, -0.15) is 0 Å². The molecule has 0 radical (unpaired) electrons. The number of nitrogens with one attached hydrogen (secondary N) is 1. The Bertz CT molecular complexity index is 388. The van der Waals surface area contributed by atoms with Crippen molar-refractivity contribution >= 4 is 29.0 Å². The standard InChI is InChI=1S/C10H10ClNO2/c1-6(13)9-5-8(12-7(2)14)3-4-10(9)11/h3-5H,1-2H3,(H,12,14). The van der Waals surface area contributed by atoms with Crippen LogP contribution in [-0.2, 0) is 4.79 Å². The molecule has 1 aromatic rings. The Labute approximate surface area is 87.1 Å². The third-order valence-corrected chi connectivity index (χ3v) is 2.00. The minimum absolute atomic E-state index is 0.123. The van der Waals surface area contributed by atoms with E-state index in [0.717, 1.165) is 0 Å². The summed E-state index contributed by atoms with van der Waals surface area (Å²) in [5.41, 5.74) is 0.991. The zero-order valence-electron chi connectivity index (χ0n) is 7.93. The van der Waals surface area contributed by atoms with Gasteiger partial charge in [-0.25, -0.2) is 0 Å². The van der Waals surface area contributed by atoms with Crippen molar-refractivity contribution in [3.05, 3.63) is 28.8 Å². The third-order valence-electron chi connectivity index (χ3n) is 1.67. The second kappa shape index (κ2) is 4.24. The second-order valence-electron chi connectivity index (χ2n) is 2.93. The van der Waals surface area contributed by atoms with Crippen molar-refractivity contribution in [1.29, 1.82) is 0 Å². The molecule has 0 atom stereocenters. The molecular formula is C10H10ClNO2. The Kier molecular flexibility index (Phi) is 3.25. The highest BCUT2D eigenvalue weighted by atomic mass is 35.5. The molecule has 0 saturated heterocycles. The van der Waals surface area contributed by atoms with Crippen LogP contribution in [0.5, 0.6) is 0 Å². The summed E-state index contributed by atoms with van der Waals surface area (Å²) in [6, 6.07) is 4.80. The highest BCUT2D eigenvalue weighted by Crippen LogP contribution is 2.20. The SMILES string of the molecule is CC(=O)Nc1ccc(Cl)c(C(C)=O)c1. The smallest absolute Gasteiger partial charge is 0.221 e. The minimum atomic E-state index is -0.179. The van der Waals surface area contributed by atoms with Crippen LogP contribution in [0, 0.1) is 0 Å². The molecule has 0 fully saturated rings. The number of anilines is 1. The normalized spacial score (nSPS) is 9.64. The van der Waals surface area contributed by atoms with Gasteiger partial charge in [-0.1, -0.05) is 11.6 Å². The zero-order chi connectivity index (χ0) is 10.7. The number of hydrogen-bond acceptors (Lipinski definition) is 2. The molecule has 0 aliphatic rings. The fourth-order valence-electron chi connectivity index (χ4n) is 1.08. The summed E-state index contributed by atoms with van der Waals surface area (Å²) >= 11 is 5.79. The first-order chi connectivity index (χ1) is 6.50. The molecule has 0 heterocycles. The summed E-state index contributed by atoms with van der Waals surface area (Å²) in [5, 5.41) is 2.97. The number of hydrogen-bond donors (Lipinski definition) is 1. The lowest BCUT2D eigenvalue weighted by molar-refractivity contribution is -0.114. The molecule has 0 aliphatic heterocycles. The van der Waals surface area contributed by atoms with E-state index in [2.05, 4.69) is 5.32 Å². The van der Waals surface area contributed by atoms with Crippen LogP contribution >= 0.6 is 11.6 Å². The Morgan fingerprint density at radius 2 is 1.93 bits per heavy atom. The van der Waals surface area contributed by atoms with Crippen LogP contribution in [0.2, 0.25) is 5.02 Å². The average molecular weight is 212 g/mol. The van der Waals surface area contributed by atoms with Gasteiger partial charge < -0.3 is 5.32 Å². The van der Waals surface area contributed by atoms with E-state index >= 15 is 0 Å². The van der Waals surface area contributed by atoms with Crippen LogP contribution in [0.25, 0.3) is 0 Å². The zero-order valence-corrected chi connectivity index (χ0v) is 8.68. The van der Waals surface area contributed by atoms with E-state index < -0.39 is 0 Å². The fraction of sp³-hybridized carbons (Fsp3) is 0.200. The molecule has 1 aromatic carbocycles. The van der Waals surface area contributed by atoms with Crippen LogP contribution in [0.4, 0.5) is 5.69 Å². The number of rotatable bonds is 2. The molecule has 0 bridgehead atoms. The fourth-order valence-corrected chi connectivity index (χ4v) is 1.33. The van der Waals surface area contributed by atoms with Crippen molar-refractivity contribution in [2.75, 3.05) is 5.32 Å². The van der Waals surface area contributed by atoms with Crippen molar-refractivity contribution in [3.63, 3.8) is 0 Å². The second-order valence-corrected chi connectivity index (χ2v) is 3.34. The van der Waals surface area contributed by atoms with Gasteiger partial charge in [0, 0.05) is 18.2 Å². The van der Waals surface area contributed by atoms with Crippen LogP contribution in [0.15, 0.2) is 18.2 Å².